The molecule has 1 aromatic heterocycles. The Labute approximate surface area is 109 Å². The van der Waals surface area contributed by atoms with Gasteiger partial charge in [0.1, 0.15) is 23.2 Å². The quantitative estimate of drug-likeness (QED) is 0.926. The molecule has 1 aromatic carbocycles. The summed E-state index contributed by atoms with van der Waals surface area (Å²) in [6, 6.07) is 5.83. The lowest BCUT2D eigenvalue weighted by Gasteiger charge is -2.07. The molecule has 0 unspecified atom stereocenters. The van der Waals surface area contributed by atoms with Crippen molar-refractivity contribution in [2.75, 3.05) is 12.4 Å². The molecule has 4 nitrogen and oxygen atoms in total. The summed E-state index contributed by atoms with van der Waals surface area (Å²) in [5.74, 6) is 1.33. The van der Waals surface area contributed by atoms with E-state index < -0.39 is 5.82 Å². The van der Waals surface area contributed by atoms with E-state index in [4.69, 9.17) is 16.3 Å². The van der Waals surface area contributed by atoms with Crippen molar-refractivity contribution in [3.8, 4) is 11.6 Å². The van der Waals surface area contributed by atoms with Gasteiger partial charge in [0.05, 0.1) is 5.02 Å². The van der Waals surface area contributed by atoms with Crippen molar-refractivity contribution in [1.29, 1.82) is 0 Å². The zero-order valence-electron chi connectivity index (χ0n) is 9.87. The molecule has 0 atom stereocenters. The number of aromatic nitrogens is 2. The van der Waals surface area contributed by atoms with Crippen molar-refractivity contribution in [3.05, 3.63) is 40.9 Å². The Morgan fingerprint density at radius 3 is 2.72 bits per heavy atom. The van der Waals surface area contributed by atoms with Crippen LogP contribution >= 0.6 is 11.6 Å². The fourth-order valence-electron chi connectivity index (χ4n) is 1.38. The number of nitrogens with one attached hydrogen (secondary N) is 1. The van der Waals surface area contributed by atoms with Gasteiger partial charge < -0.3 is 10.1 Å². The Kier molecular flexibility index (Phi) is 3.62. The number of anilines is 1. The molecule has 0 bridgehead atoms. The second-order valence-corrected chi connectivity index (χ2v) is 3.97. The van der Waals surface area contributed by atoms with Crippen LogP contribution in [0.25, 0.3) is 0 Å². The molecule has 0 amide bonds. The Hall–Kier alpha value is -1.88. The molecule has 0 aliphatic carbocycles. The molecule has 0 radical (unpaired) electrons. The molecule has 1 heterocycles. The standard InChI is InChI=1S/C12H11ClFN3O/c1-7-16-11(15-2)6-12(17-7)18-8-3-4-9(13)10(14)5-8/h3-6H,1-2H3,(H,15,16,17). The summed E-state index contributed by atoms with van der Waals surface area (Å²) in [4.78, 5) is 8.23. The number of hydrogen-bond acceptors (Lipinski definition) is 4. The maximum atomic E-state index is 13.2. The Morgan fingerprint density at radius 1 is 1.28 bits per heavy atom. The smallest absolute Gasteiger partial charge is 0.224 e. The van der Waals surface area contributed by atoms with Crippen LogP contribution in [-0.4, -0.2) is 17.0 Å². The van der Waals surface area contributed by atoms with E-state index in [0.717, 1.165) is 0 Å². The van der Waals surface area contributed by atoms with Crippen LogP contribution in [-0.2, 0) is 0 Å². The highest BCUT2D eigenvalue weighted by molar-refractivity contribution is 6.30. The molecular formula is C12H11ClFN3O. The minimum atomic E-state index is -0.534. The molecule has 0 aliphatic rings. The van der Waals surface area contributed by atoms with Gasteiger partial charge in [0.25, 0.3) is 0 Å². The van der Waals surface area contributed by atoms with Crippen molar-refractivity contribution in [2.24, 2.45) is 0 Å². The van der Waals surface area contributed by atoms with Crippen molar-refractivity contribution < 1.29 is 9.13 Å². The molecule has 0 spiro atoms. The largest absolute Gasteiger partial charge is 0.439 e. The number of rotatable bonds is 3. The summed E-state index contributed by atoms with van der Waals surface area (Å²) in [5, 5.41) is 2.94. The predicted molar refractivity (Wildman–Crippen MR) is 67.8 cm³/mol. The minimum Gasteiger partial charge on any atom is -0.439 e. The minimum absolute atomic E-state index is 0.0529. The predicted octanol–water partition coefficient (Wildman–Crippen LogP) is 3.41. The summed E-state index contributed by atoms with van der Waals surface area (Å²) in [7, 11) is 1.74. The van der Waals surface area contributed by atoms with Crippen molar-refractivity contribution >= 4 is 17.4 Å². The van der Waals surface area contributed by atoms with E-state index in [1.54, 1.807) is 26.1 Å². The van der Waals surface area contributed by atoms with Crippen LogP contribution in [0.15, 0.2) is 24.3 Å². The molecule has 18 heavy (non-hydrogen) atoms. The normalized spacial score (nSPS) is 10.2. The SMILES string of the molecule is CNc1cc(Oc2ccc(Cl)c(F)c2)nc(C)n1. The first kappa shape index (κ1) is 12.6. The molecule has 2 rings (SSSR count). The molecule has 0 saturated heterocycles. The lowest BCUT2D eigenvalue weighted by Crippen LogP contribution is -1.98. The van der Waals surface area contributed by atoms with E-state index in [2.05, 4.69) is 15.3 Å². The van der Waals surface area contributed by atoms with E-state index in [0.29, 0.717) is 23.3 Å². The van der Waals surface area contributed by atoms with Crippen LogP contribution in [0, 0.1) is 12.7 Å². The van der Waals surface area contributed by atoms with E-state index in [9.17, 15) is 4.39 Å². The summed E-state index contributed by atoms with van der Waals surface area (Å²) in [6.07, 6.45) is 0. The van der Waals surface area contributed by atoms with E-state index in [1.165, 1.54) is 12.1 Å². The topological polar surface area (TPSA) is 47.0 Å². The first-order valence-corrected chi connectivity index (χ1v) is 5.62. The third-order valence-electron chi connectivity index (χ3n) is 2.18. The number of halogens is 2. The average Bonchev–Trinajstić information content (AvgIpc) is 2.33. The monoisotopic (exact) mass is 267 g/mol. The molecule has 0 saturated carbocycles. The molecule has 2 aromatic rings. The maximum absolute atomic E-state index is 13.2. The zero-order chi connectivity index (χ0) is 13.1. The Morgan fingerprint density at radius 2 is 2.06 bits per heavy atom. The third-order valence-corrected chi connectivity index (χ3v) is 2.49. The van der Waals surface area contributed by atoms with Gasteiger partial charge in [-0.3, -0.25) is 0 Å². The fraction of sp³-hybridized carbons (Fsp3) is 0.167. The second-order valence-electron chi connectivity index (χ2n) is 3.57. The number of aryl methyl sites for hydroxylation is 1. The molecule has 0 aliphatic heterocycles. The summed E-state index contributed by atoms with van der Waals surface area (Å²) in [5.41, 5.74) is 0. The molecule has 1 N–H and O–H groups in total. The van der Waals surface area contributed by atoms with Gasteiger partial charge in [-0.15, -0.1) is 0 Å². The summed E-state index contributed by atoms with van der Waals surface area (Å²) in [6.45, 7) is 1.75. The summed E-state index contributed by atoms with van der Waals surface area (Å²) < 4.78 is 18.7. The van der Waals surface area contributed by atoms with Gasteiger partial charge in [-0.05, 0) is 19.1 Å². The molecule has 0 fully saturated rings. The first-order valence-electron chi connectivity index (χ1n) is 5.25. The number of nitrogens with zero attached hydrogens (tertiary/aromatic N) is 2. The lowest BCUT2D eigenvalue weighted by molar-refractivity contribution is 0.455. The maximum Gasteiger partial charge on any atom is 0.224 e. The highest BCUT2D eigenvalue weighted by Crippen LogP contribution is 2.25. The Bertz CT molecular complexity index is 577. The van der Waals surface area contributed by atoms with Crippen molar-refractivity contribution in [3.63, 3.8) is 0 Å². The highest BCUT2D eigenvalue weighted by atomic mass is 35.5. The highest BCUT2D eigenvalue weighted by Gasteiger charge is 2.06. The van der Waals surface area contributed by atoms with Crippen LogP contribution in [0.2, 0.25) is 5.02 Å². The second kappa shape index (κ2) is 5.18. The molecular weight excluding hydrogens is 257 g/mol. The van der Waals surface area contributed by atoms with E-state index in [-0.39, 0.29) is 5.02 Å². The van der Waals surface area contributed by atoms with Gasteiger partial charge in [-0.2, -0.15) is 4.98 Å². The Balaban J connectivity index is 2.27. The van der Waals surface area contributed by atoms with Crippen molar-refractivity contribution in [1.82, 2.24) is 9.97 Å². The van der Waals surface area contributed by atoms with Gasteiger partial charge >= 0.3 is 0 Å². The fourth-order valence-corrected chi connectivity index (χ4v) is 1.50. The van der Waals surface area contributed by atoms with Crippen LogP contribution in [0.3, 0.4) is 0 Å². The van der Waals surface area contributed by atoms with E-state index in [1.807, 2.05) is 0 Å². The van der Waals surface area contributed by atoms with Crippen LogP contribution in [0.4, 0.5) is 10.2 Å². The van der Waals surface area contributed by atoms with Gasteiger partial charge in [-0.25, -0.2) is 9.37 Å². The average molecular weight is 268 g/mol. The van der Waals surface area contributed by atoms with Gasteiger partial charge in [0.15, 0.2) is 0 Å². The van der Waals surface area contributed by atoms with Crippen LogP contribution in [0.1, 0.15) is 5.82 Å². The van der Waals surface area contributed by atoms with E-state index >= 15 is 0 Å². The van der Waals surface area contributed by atoms with Gasteiger partial charge in [-0.1, -0.05) is 11.6 Å². The number of ether oxygens (including phenoxy) is 1. The first-order chi connectivity index (χ1) is 8.58. The van der Waals surface area contributed by atoms with Crippen LogP contribution < -0.4 is 10.1 Å². The molecule has 6 heteroatoms. The lowest BCUT2D eigenvalue weighted by atomic mass is 10.3. The van der Waals surface area contributed by atoms with Gasteiger partial charge in [0.2, 0.25) is 5.88 Å². The van der Waals surface area contributed by atoms with Crippen LogP contribution in [0.5, 0.6) is 11.6 Å². The molecule has 94 valence electrons. The van der Waals surface area contributed by atoms with Crippen molar-refractivity contribution in [2.45, 2.75) is 6.92 Å². The zero-order valence-corrected chi connectivity index (χ0v) is 10.6. The number of benzene rings is 1. The number of hydrogen-bond donors (Lipinski definition) is 1. The van der Waals surface area contributed by atoms with Gasteiger partial charge in [0, 0.05) is 19.2 Å². The third kappa shape index (κ3) is 2.87. The summed E-state index contributed by atoms with van der Waals surface area (Å²) >= 11 is 5.59.